The minimum atomic E-state index is 0.295. The van der Waals surface area contributed by atoms with Gasteiger partial charge in [-0.15, -0.1) is 0 Å². The van der Waals surface area contributed by atoms with E-state index in [1.807, 2.05) is 0 Å². The Morgan fingerprint density at radius 3 is 2.80 bits per heavy atom. The van der Waals surface area contributed by atoms with Crippen molar-refractivity contribution >= 4 is 0 Å². The SMILES string of the molecule is C/C=C/CN1CC(CCC)NCC1(C)C. The maximum Gasteiger partial charge on any atom is 0.0281 e. The lowest BCUT2D eigenvalue weighted by molar-refractivity contribution is 0.0760. The van der Waals surface area contributed by atoms with Crippen LogP contribution in [0.1, 0.15) is 40.5 Å². The molecule has 0 radical (unpaired) electrons. The van der Waals surface area contributed by atoms with Crippen molar-refractivity contribution in [1.82, 2.24) is 10.2 Å². The van der Waals surface area contributed by atoms with E-state index in [0.29, 0.717) is 11.6 Å². The van der Waals surface area contributed by atoms with Gasteiger partial charge in [-0.25, -0.2) is 0 Å². The fourth-order valence-electron chi connectivity index (χ4n) is 2.18. The first-order valence-corrected chi connectivity index (χ1v) is 6.19. The van der Waals surface area contributed by atoms with Crippen LogP contribution >= 0.6 is 0 Å². The van der Waals surface area contributed by atoms with Gasteiger partial charge in [-0.05, 0) is 27.2 Å². The van der Waals surface area contributed by atoms with Gasteiger partial charge in [0.1, 0.15) is 0 Å². The third-order valence-corrected chi connectivity index (χ3v) is 3.32. The second kappa shape index (κ2) is 5.66. The molecular weight excluding hydrogens is 184 g/mol. The Morgan fingerprint density at radius 2 is 2.20 bits per heavy atom. The molecule has 0 spiro atoms. The zero-order valence-electron chi connectivity index (χ0n) is 10.7. The van der Waals surface area contributed by atoms with Crippen LogP contribution in [0, 0.1) is 0 Å². The lowest BCUT2D eigenvalue weighted by Crippen LogP contribution is -2.61. The molecule has 1 N–H and O–H groups in total. The van der Waals surface area contributed by atoms with Crippen molar-refractivity contribution in [2.45, 2.75) is 52.1 Å². The maximum atomic E-state index is 3.65. The van der Waals surface area contributed by atoms with E-state index >= 15 is 0 Å². The van der Waals surface area contributed by atoms with Crippen molar-refractivity contribution in [3.8, 4) is 0 Å². The number of hydrogen-bond acceptors (Lipinski definition) is 2. The molecule has 1 fully saturated rings. The van der Waals surface area contributed by atoms with E-state index in [9.17, 15) is 0 Å². The van der Waals surface area contributed by atoms with Gasteiger partial charge in [0, 0.05) is 31.2 Å². The molecule has 2 nitrogen and oxygen atoms in total. The topological polar surface area (TPSA) is 15.3 Å². The van der Waals surface area contributed by atoms with Crippen LogP contribution in [0.2, 0.25) is 0 Å². The third kappa shape index (κ3) is 3.62. The van der Waals surface area contributed by atoms with Crippen molar-refractivity contribution in [1.29, 1.82) is 0 Å². The molecule has 1 heterocycles. The molecule has 0 aliphatic carbocycles. The fraction of sp³-hybridized carbons (Fsp3) is 0.846. The van der Waals surface area contributed by atoms with Gasteiger partial charge in [0.2, 0.25) is 0 Å². The quantitative estimate of drug-likeness (QED) is 0.717. The molecule has 88 valence electrons. The monoisotopic (exact) mass is 210 g/mol. The molecule has 1 saturated heterocycles. The van der Waals surface area contributed by atoms with E-state index in [1.54, 1.807) is 0 Å². The van der Waals surface area contributed by atoms with Gasteiger partial charge in [0.15, 0.2) is 0 Å². The second-order valence-electron chi connectivity index (χ2n) is 5.15. The van der Waals surface area contributed by atoms with Crippen molar-refractivity contribution in [2.24, 2.45) is 0 Å². The number of nitrogens with zero attached hydrogens (tertiary/aromatic N) is 1. The Balaban J connectivity index is 2.53. The molecular formula is C13H26N2. The summed E-state index contributed by atoms with van der Waals surface area (Å²) in [6, 6.07) is 0.688. The molecule has 0 aromatic carbocycles. The number of nitrogens with one attached hydrogen (secondary N) is 1. The van der Waals surface area contributed by atoms with E-state index in [2.05, 4.69) is 50.1 Å². The molecule has 1 unspecified atom stereocenters. The lowest BCUT2D eigenvalue weighted by atomic mass is 9.96. The summed E-state index contributed by atoms with van der Waals surface area (Å²) in [6.45, 7) is 12.4. The van der Waals surface area contributed by atoms with Gasteiger partial charge < -0.3 is 5.32 Å². The lowest BCUT2D eigenvalue weighted by Gasteiger charge is -2.46. The smallest absolute Gasteiger partial charge is 0.0281 e. The average Bonchev–Trinajstić information content (AvgIpc) is 2.19. The predicted molar refractivity (Wildman–Crippen MR) is 67.2 cm³/mol. The van der Waals surface area contributed by atoms with Crippen LogP contribution in [0.4, 0.5) is 0 Å². The van der Waals surface area contributed by atoms with Crippen LogP contribution in [-0.4, -0.2) is 36.1 Å². The second-order valence-corrected chi connectivity index (χ2v) is 5.15. The van der Waals surface area contributed by atoms with Crippen molar-refractivity contribution < 1.29 is 0 Å². The maximum absolute atomic E-state index is 3.65. The predicted octanol–water partition coefficient (Wildman–Crippen LogP) is 2.42. The minimum absolute atomic E-state index is 0.295. The van der Waals surface area contributed by atoms with Crippen LogP contribution in [-0.2, 0) is 0 Å². The molecule has 0 aromatic heterocycles. The van der Waals surface area contributed by atoms with Crippen LogP contribution in [0.25, 0.3) is 0 Å². The zero-order chi connectivity index (χ0) is 11.3. The number of rotatable bonds is 4. The van der Waals surface area contributed by atoms with Crippen molar-refractivity contribution in [3.63, 3.8) is 0 Å². The highest BCUT2D eigenvalue weighted by atomic mass is 15.3. The van der Waals surface area contributed by atoms with Crippen molar-refractivity contribution in [3.05, 3.63) is 12.2 Å². The highest BCUT2D eigenvalue weighted by molar-refractivity contribution is 4.96. The van der Waals surface area contributed by atoms with Crippen LogP contribution in [0.15, 0.2) is 12.2 Å². The van der Waals surface area contributed by atoms with Gasteiger partial charge in [-0.3, -0.25) is 4.90 Å². The van der Waals surface area contributed by atoms with Gasteiger partial charge in [-0.1, -0.05) is 25.5 Å². The summed E-state index contributed by atoms with van der Waals surface area (Å²) in [5, 5.41) is 3.65. The first-order chi connectivity index (χ1) is 7.10. The number of piperazine rings is 1. The minimum Gasteiger partial charge on any atom is -0.311 e. The standard InChI is InChI=1S/C13H26N2/c1-5-7-9-15-10-12(8-6-2)14-11-13(15,3)4/h5,7,12,14H,6,8-11H2,1-4H3/b7-5+. The largest absolute Gasteiger partial charge is 0.311 e. The Kier molecular flexibility index (Phi) is 4.81. The summed E-state index contributed by atoms with van der Waals surface area (Å²) >= 11 is 0. The summed E-state index contributed by atoms with van der Waals surface area (Å²) in [6.07, 6.45) is 6.97. The highest BCUT2D eigenvalue weighted by Crippen LogP contribution is 2.19. The molecule has 0 amide bonds. The van der Waals surface area contributed by atoms with Crippen LogP contribution in [0.3, 0.4) is 0 Å². The van der Waals surface area contributed by atoms with E-state index in [1.165, 1.54) is 19.4 Å². The van der Waals surface area contributed by atoms with E-state index < -0.39 is 0 Å². The van der Waals surface area contributed by atoms with E-state index in [0.717, 1.165) is 13.1 Å². The third-order valence-electron chi connectivity index (χ3n) is 3.32. The molecule has 0 aromatic rings. The van der Waals surface area contributed by atoms with E-state index in [4.69, 9.17) is 0 Å². The van der Waals surface area contributed by atoms with Gasteiger partial charge in [-0.2, -0.15) is 0 Å². The fourth-order valence-corrected chi connectivity index (χ4v) is 2.18. The van der Waals surface area contributed by atoms with E-state index in [-0.39, 0.29) is 0 Å². The molecule has 15 heavy (non-hydrogen) atoms. The molecule has 1 rings (SSSR count). The molecule has 1 aliphatic heterocycles. The van der Waals surface area contributed by atoms with Gasteiger partial charge in [0.25, 0.3) is 0 Å². The molecule has 1 atom stereocenters. The summed E-state index contributed by atoms with van der Waals surface area (Å²) in [5.41, 5.74) is 0.295. The normalized spacial score (nSPS) is 27.3. The van der Waals surface area contributed by atoms with Crippen molar-refractivity contribution in [2.75, 3.05) is 19.6 Å². The van der Waals surface area contributed by atoms with Gasteiger partial charge >= 0.3 is 0 Å². The molecule has 0 bridgehead atoms. The van der Waals surface area contributed by atoms with Gasteiger partial charge in [0.05, 0.1) is 0 Å². The molecule has 0 saturated carbocycles. The Bertz CT molecular complexity index is 209. The summed E-state index contributed by atoms with van der Waals surface area (Å²) in [5.74, 6) is 0. The molecule has 2 heteroatoms. The van der Waals surface area contributed by atoms with Crippen LogP contribution in [0.5, 0.6) is 0 Å². The summed E-state index contributed by atoms with van der Waals surface area (Å²) < 4.78 is 0. The number of hydrogen-bond donors (Lipinski definition) is 1. The zero-order valence-corrected chi connectivity index (χ0v) is 10.7. The Morgan fingerprint density at radius 1 is 1.47 bits per heavy atom. The molecule has 1 aliphatic rings. The Labute approximate surface area is 94.7 Å². The first-order valence-electron chi connectivity index (χ1n) is 6.19. The highest BCUT2D eigenvalue weighted by Gasteiger charge is 2.32. The average molecular weight is 210 g/mol. The summed E-state index contributed by atoms with van der Waals surface area (Å²) in [4.78, 5) is 2.59. The summed E-state index contributed by atoms with van der Waals surface area (Å²) in [7, 11) is 0. The first kappa shape index (κ1) is 12.7. The Hall–Kier alpha value is -0.340. The van der Waals surface area contributed by atoms with Crippen LogP contribution < -0.4 is 5.32 Å². The number of allylic oxidation sites excluding steroid dienone is 1.